The maximum Gasteiger partial charge on any atom is 0.410 e. The molecule has 0 N–H and O–H groups in total. The highest BCUT2D eigenvalue weighted by molar-refractivity contribution is 5.94. The number of rotatable bonds is 6. The van der Waals surface area contributed by atoms with Gasteiger partial charge in [-0.1, -0.05) is 36.4 Å². The molecular weight excluding hydrogens is 554 g/mol. The molecule has 4 heterocycles. The Morgan fingerprint density at radius 2 is 1.84 bits per heavy atom. The van der Waals surface area contributed by atoms with Gasteiger partial charge in [0.2, 0.25) is 0 Å². The number of piperazine rings is 1. The van der Waals surface area contributed by atoms with E-state index >= 15 is 0 Å². The molecule has 10 nitrogen and oxygen atoms in total. The summed E-state index contributed by atoms with van der Waals surface area (Å²) in [4.78, 5) is 31.7. The summed E-state index contributed by atoms with van der Waals surface area (Å²) in [5.74, 6) is 0.856. The van der Waals surface area contributed by atoms with Gasteiger partial charge in [-0.2, -0.15) is 15.2 Å². The molecule has 2 aromatic carbocycles. The number of benzene rings is 2. The molecule has 1 aromatic heterocycles. The van der Waals surface area contributed by atoms with Crippen molar-refractivity contribution in [3.63, 3.8) is 0 Å². The van der Waals surface area contributed by atoms with Crippen LogP contribution in [0.4, 0.5) is 16.3 Å². The zero-order chi connectivity index (χ0) is 30.8. The maximum absolute atomic E-state index is 13.1. The van der Waals surface area contributed by atoms with Gasteiger partial charge in [-0.25, -0.2) is 4.79 Å². The van der Waals surface area contributed by atoms with Crippen LogP contribution in [0, 0.1) is 11.3 Å². The third-order valence-electron chi connectivity index (χ3n) is 8.94. The summed E-state index contributed by atoms with van der Waals surface area (Å²) in [7, 11) is 2.14. The normalized spacial score (nSPS) is 20.8. The summed E-state index contributed by atoms with van der Waals surface area (Å²) in [6.45, 7) is 10.2. The van der Waals surface area contributed by atoms with Crippen molar-refractivity contribution in [3.05, 3.63) is 53.7 Å². The highest BCUT2D eigenvalue weighted by Gasteiger charge is 2.36. The van der Waals surface area contributed by atoms with Crippen LogP contribution in [0.25, 0.3) is 10.8 Å². The highest BCUT2D eigenvalue weighted by Crippen LogP contribution is 2.35. The number of amides is 1. The SMILES string of the molecule is CN1CCC[C@@H]1COc1nc2c(c(N3CCN(C(=O)OC(C)(C)C)[C@H](CC#N)C3)n1)CCN(c1cccc3ccccc13)C2. The fourth-order valence-electron chi connectivity index (χ4n) is 6.65. The van der Waals surface area contributed by atoms with Crippen LogP contribution in [-0.4, -0.2) is 89.9 Å². The number of hydrogen-bond acceptors (Lipinski definition) is 9. The van der Waals surface area contributed by atoms with Crippen LogP contribution >= 0.6 is 0 Å². The molecule has 3 aliphatic rings. The third kappa shape index (κ3) is 6.39. The molecule has 0 unspecified atom stereocenters. The minimum Gasteiger partial charge on any atom is -0.462 e. The van der Waals surface area contributed by atoms with Crippen LogP contribution in [0.3, 0.4) is 0 Å². The maximum atomic E-state index is 13.1. The van der Waals surface area contributed by atoms with Crippen molar-refractivity contribution in [2.24, 2.45) is 0 Å². The van der Waals surface area contributed by atoms with Gasteiger partial charge in [0.15, 0.2) is 0 Å². The van der Waals surface area contributed by atoms with Crippen molar-refractivity contribution in [2.45, 2.75) is 70.7 Å². The van der Waals surface area contributed by atoms with Gasteiger partial charge >= 0.3 is 12.1 Å². The molecule has 3 aliphatic heterocycles. The first kappa shape index (κ1) is 29.9. The van der Waals surface area contributed by atoms with Crippen LogP contribution in [0.15, 0.2) is 42.5 Å². The van der Waals surface area contributed by atoms with E-state index in [2.05, 4.69) is 70.3 Å². The Morgan fingerprint density at radius 3 is 2.61 bits per heavy atom. The van der Waals surface area contributed by atoms with Gasteiger partial charge in [-0.05, 0) is 65.1 Å². The van der Waals surface area contributed by atoms with Crippen LogP contribution in [0.5, 0.6) is 6.01 Å². The predicted octanol–water partition coefficient (Wildman–Crippen LogP) is 5.00. The van der Waals surface area contributed by atoms with Crippen LogP contribution < -0.4 is 14.5 Å². The minimum atomic E-state index is -0.604. The second-order valence-electron chi connectivity index (χ2n) is 13.1. The van der Waals surface area contributed by atoms with Gasteiger partial charge in [0.1, 0.15) is 18.0 Å². The van der Waals surface area contributed by atoms with Crippen molar-refractivity contribution in [2.75, 3.05) is 56.2 Å². The van der Waals surface area contributed by atoms with Gasteiger partial charge < -0.3 is 29.1 Å². The Morgan fingerprint density at radius 1 is 1.02 bits per heavy atom. The van der Waals surface area contributed by atoms with E-state index in [9.17, 15) is 10.1 Å². The number of ether oxygens (including phenoxy) is 2. The van der Waals surface area contributed by atoms with E-state index in [1.807, 2.05) is 20.8 Å². The Balaban J connectivity index is 1.30. The van der Waals surface area contributed by atoms with Gasteiger partial charge in [-0.3, -0.25) is 0 Å². The summed E-state index contributed by atoms with van der Waals surface area (Å²) in [6, 6.07) is 17.7. The van der Waals surface area contributed by atoms with Crippen molar-refractivity contribution in [1.82, 2.24) is 19.8 Å². The van der Waals surface area contributed by atoms with Crippen LogP contribution in [-0.2, 0) is 17.7 Å². The first-order valence-corrected chi connectivity index (χ1v) is 15.8. The van der Waals surface area contributed by atoms with E-state index in [4.69, 9.17) is 19.4 Å². The topological polar surface area (TPSA) is 98.1 Å². The lowest BCUT2D eigenvalue weighted by molar-refractivity contribution is 0.0144. The Labute approximate surface area is 260 Å². The molecular formula is C34H43N7O3. The van der Waals surface area contributed by atoms with Gasteiger partial charge in [0.25, 0.3) is 0 Å². The van der Waals surface area contributed by atoms with Crippen LogP contribution in [0.2, 0.25) is 0 Å². The standard InChI is InChI=1S/C34H43N7O3/c1-34(2,3)44-33(42)41-20-19-40(21-25(41)14-16-35)31-28-15-18-39(30-13-7-10-24-9-5-6-12-27(24)30)22-29(28)36-32(37-31)43-23-26-11-8-17-38(26)4/h5-7,9-10,12-13,25-26H,8,11,14-15,17-23H2,1-4H3/t25-,26-/m1/s1. The molecule has 0 bridgehead atoms. The number of fused-ring (bicyclic) bond motifs is 2. The molecule has 0 radical (unpaired) electrons. The number of aromatic nitrogens is 2. The molecule has 10 heteroatoms. The zero-order valence-corrected chi connectivity index (χ0v) is 26.3. The van der Waals surface area contributed by atoms with E-state index in [-0.39, 0.29) is 18.6 Å². The number of carbonyl (C=O) groups excluding carboxylic acids is 1. The zero-order valence-electron chi connectivity index (χ0n) is 26.3. The minimum absolute atomic E-state index is 0.218. The number of carbonyl (C=O) groups is 1. The first-order valence-electron chi connectivity index (χ1n) is 15.8. The lowest BCUT2D eigenvalue weighted by Gasteiger charge is -2.42. The lowest BCUT2D eigenvalue weighted by Crippen LogP contribution is -2.56. The number of nitrogens with zero attached hydrogens (tertiary/aromatic N) is 7. The number of nitriles is 1. The Bertz CT molecular complexity index is 1540. The molecule has 2 fully saturated rings. The van der Waals surface area contributed by atoms with Crippen molar-refractivity contribution >= 4 is 28.4 Å². The second-order valence-corrected chi connectivity index (χ2v) is 13.1. The fraction of sp³-hybridized carbons (Fsp3) is 0.529. The van der Waals surface area contributed by atoms with E-state index in [0.717, 1.165) is 43.0 Å². The quantitative estimate of drug-likeness (QED) is 0.389. The molecule has 44 heavy (non-hydrogen) atoms. The summed E-state index contributed by atoms with van der Waals surface area (Å²) < 4.78 is 12.0. The van der Waals surface area contributed by atoms with E-state index < -0.39 is 5.60 Å². The molecule has 6 rings (SSSR count). The fourth-order valence-corrected chi connectivity index (χ4v) is 6.65. The highest BCUT2D eigenvalue weighted by atomic mass is 16.6. The number of hydrogen-bond donors (Lipinski definition) is 0. The van der Waals surface area contributed by atoms with E-state index in [0.29, 0.717) is 44.8 Å². The lowest BCUT2D eigenvalue weighted by atomic mass is 10.0. The van der Waals surface area contributed by atoms with Gasteiger partial charge in [-0.15, -0.1) is 0 Å². The average molecular weight is 598 g/mol. The molecule has 2 saturated heterocycles. The van der Waals surface area contributed by atoms with E-state index in [1.54, 1.807) is 4.90 Å². The Hall–Kier alpha value is -4.10. The smallest absolute Gasteiger partial charge is 0.410 e. The third-order valence-corrected chi connectivity index (χ3v) is 8.94. The summed E-state index contributed by atoms with van der Waals surface area (Å²) >= 11 is 0. The van der Waals surface area contributed by atoms with E-state index in [1.165, 1.54) is 22.9 Å². The first-order chi connectivity index (χ1) is 21.2. The Kier molecular flexibility index (Phi) is 8.50. The molecule has 0 saturated carbocycles. The van der Waals surface area contributed by atoms with Crippen LogP contribution in [0.1, 0.15) is 51.3 Å². The monoisotopic (exact) mass is 597 g/mol. The molecule has 232 valence electrons. The average Bonchev–Trinajstić information content (AvgIpc) is 3.42. The molecule has 0 spiro atoms. The summed E-state index contributed by atoms with van der Waals surface area (Å²) in [6.07, 6.45) is 2.90. The largest absolute Gasteiger partial charge is 0.462 e. The number of anilines is 2. The summed E-state index contributed by atoms with van der Waals surface area (Å²) in [5.41, 5.74) is 2.68. The summed E-state index contributed by atoms with van der Waals surface area (Å²) in [5, 5.41) is 12.1. The second kappa shape index (κ2) is 12.5. The number of likely N-dealkylation sites (N-methyl/N-ethyl adjacent to an activating group) is 1. The van der Waals surface area contributed by atoms with Crippen molar-refractivity contribution < 1.29 is 14.3 Å². The molecule has 3 aromatic rings. The number of likely N-dealkylation sites (tertiary alicyclic amines) is 1. The molecule has 2 atom stereocenters. The molecule has 0 aliphatic carbocycles. The van der Waals surface area contributed by atoms with Gasteiger partial charge in [0, 0.05) is 48.9 Å². The van der Waals surface area contributed by atoms with Crippen molar-refractivity contribution in [3.8, 4) is 12.1 Å². The van der Waals surface area contributed by atoms with Gasteiger partial charge in [0.05, 0.1) is 30.8 Å². The van der Waals surface area contributed by atoms with Crippen molar-refractivity contribution in [1.29, 1.82) is 5.26 Å². The predicted molar refractivity (Wildman–Crippen MR) is 171 cm³/mol. The molecule has 1 amide bonds.